The van der Waals surface area contributed by atoms with Crippen molar-refractivity contribution >= 4 is 0 Å². The van der Waals surface area contributed by atoms with E-state index in [1.165, 1.54) is 12.1 Å². The third kappa shape index (κ3) is 3.78. The number of aliphatic hydroxyl groups is 1. The quantitative estimate of drug-likeness (QED) is 0.698. The number of halogens is 2. The molecule has 2 aromatic carbocycles. The van der Waals surface area contributed by atoms with Crippen LogP contribution in [-0.4, -0.2) is 17.3 Å². The van der Waals surface area contributed by atoms with Crippen LogP contribution in [0.15, 0.2) is 42.5 Å². The fourth-order valence-electron chi connectivity index (χ4n) is 3.28. The molecule has 26 heavy (non-hydrogen) atoms. The third-order valence-electron chi connectivity index (χ3n) is 4.95. The monoisotopic (exact) mass is 356 g/mol. The molecule has 0 aromatic heterocycles. The minimum absolute atomic E-state index is 0.368. The first-order valence-electron chi connectivity index (χ1n) is 8.59. The Hall–Kier alpha value is -2.26. The molecule has 1 saturated carbocycles. The molecule has 4 N–H and O–H groups in total. The molecular formula is C21H22F2N2O. The minimum atomic E-state index is -0.855. The highest BCUT2D eigenvalue weighted by Gasteiger charge is 2.47. The number of nitrogens with one attached hydrogen (secondary N) is 1. The first-order valence-corrected chi connectivity index (χ1v) is 8.59. The van der Waals surface area contributed by atoms with Gasteiger partial charge in [0, 0.05) is 23.2 Å². The number of rotatable bonds is 6. The summed E-state index contributed by atoms with van der Waals surface area (Å²) in [7, 11) is 0. The van der Waals surface area contributed by atoms with Gasteiger partial charge in [0.2, 0.25) is 0 Å². The number of terminal acetylenes is 1. The SMILES string of the molecule is C#Cc1cccc(C2(NC(c3cc(F)cc(F)c3)[C@H](N)[C@@H](C)O)CC2)c1. The van der Waals surface area contributed by atoms with Gasteiger partial charge in [-0.3, -0.25) is 5.32 Å². The zero-order chi connectivity index (χ0) is 18.9. The van der Waals surface area contributed by atoms with Crippen molar-refractivity contribution in [1.29, 1.82) is 0 Å². The zero-order valence-electron chi connectivity index (χ0n) is 14.5. The van der Waals surface area contributed by atoms with E-state index in [-0.39, 0.29) is 5.54 Å². The molecule has 0 spiro atoms. The van der Waals surface area contributed by atoms with Gasteiger partial charge in [-0.1, -0.05) is 18.1 Å². The Bertz CT molecular complexity index is 820. The van der Waals surface area contributed by atoms with E-state index in [0.29, 0.717) is 5.56 Å². The van der Waals surface area contributed by atoms with Crippen molar-refractivity contribution < 1.29 is 13.9 Å². The van der Waals surface area contributed by atoms with E-state index in [1.54, 1.807) is 6.92 Å². The van der Waals surface area contributed by atoms with Crippen molar-refractivity contribution in [1.82, 2.24) is 5.32 Å². The van der Waals surface area contributed by atoms with Crippen LogP contribution in [0.25, 0.3) is 0 Å². The largest absolute Gasteiger partial charge is 0.392 e. The fourth-order valence-corrected chi connectivity index (χ4v) is 3.28. The van der Waals surface area contributed by atoms with Gasteiger partial charge in [0.05, 0.1) is 12.1 Å². The summed E-state index contributed by atoms with van der Waals surface area (Å²) in [4.78, 5) is 0. The van der Waals surface area contributed by atoms with Crippen LogP contribution >= 0.6 is 0 Å². The summed E-state index contributed by atoms with van der Waals surface area (Å²) in [6.45, 7) is 1.56. The van der Waals surface area contributed by atoms with Gasteiger partial charge in [0.1, 0.15) is 11.6 Å². The van der Waals surface area contributed by atoms with Gasteiger partial charge in [-0.05, 0) is 55.2 Å². The van der Waals surface area contributed by atoms with E-state index in [9.17, 15) is 13.9 Å². The first kappa shape index (κ1) is 18.5. The molecule has 0 aliphatic heterocycles. The highest BCUT2D eigenvalue weighted by Crippen LogP contribution is 2.47. The second kappa shape index (κ2) is 7.16. The second-order valence-corrected chi connectivity index (χ2v) is 6.95. The fraction of sp³-hybridized carbons (Fsp3) is 0.333. The molecule has 2 aromatic rings. The maximum Gasteiger partial charge on any atom is 0.126 e. The third-order valence-corrected chi connectivity index (χ3v) is 4.95. The lowest BCUT2D eigenvalue weighted by atomic mass is 9.93. The van der Waals surface area contributed by atoms with Crippen LogP contribution in [0.2, 0.25) is 0 Å². The molecule has 0 heterocycles. The van der Waals surface area contributed by atoms with Crippen LogP contribution in [0, 0.1) is 24.0 Å². The van der Waals surface area contributed by atoms with E-state index in [4.69, 9.17) is 12.2 Å². The van der Waals surface area contributed by atoms with Gasteiger partial charge >= 0.3 is 0 Å². The second-order valence-electron chi connectivity index (χ2n) is 6.95. The Morgan fingerprint density at radius 2 is 1.85 bits per heavy atom. The lowest BCUT2D eigenvalue weighted by Gasteiger charge is -2.32. The van der Waals surface area contributed by atoms with Gasteiger partial charge in [-0.25, -0.2) is 8.78 Å². The highest BCUT2D eigenvalue weighted by atomic mass is 19.1. The van der Waals surface area contributed by atoms with Gasteiger partial charge in [-0.2, -0.15) is 0 Å². The van der Waals surface area contributed by atoms with Crippen molar-refractivity contribution in [2.45, 2.75) is 43.5 Å². The molecule has 1 aliphatic carbocycles. The molecule has 0 bridgehead atoms. The first-order chi connectivity index (χ1) is 12.3. The number of hydrogen-bond acceptors (Lipinski definition) is 3. The maximum atomic E-state index is 13.7. The number of hydrogen-bond donors (Lipinski definition) is 3. The predicted molar refractivity (Wildman–Crippen MR) is 97.2 cm³/mol. The Balaban J connectivity index is 1.96. The zero-order valence-corrected chi connectivity index (χ0v) is 14.5. The van der Waals surface area contributed by atoms with Crippen molar-refractivity contribution in [3.8, 4) is 12.3 Å². The normalized spacial score (nSPS) is 18.6. The van der Waals surface area contributed by atoms with E-state index in [2.05, 4.69) is 11.2 Å². The summed E-state index contributed by atoms with van der Waals surface area (Å²) in [5, 5.41) is 13.4. The topological polar surface area (TPSA) is 58.3 Å². The molecule has 3 nitrogen and oxygen atoms in total. The van der Waals surface area contributed by atoms with Crippen molar-refractivity contribution in [2.75, 3.05) is 0 Å². The van der Waals surface area contributed by atoms with Crippen molar-refractivity contribution in [2.24, 2.45) is 5.73 Å². The molecule has 0 radical (unpaired) electrons. The number of benzene rings is 2. The highest BCUT2D eigenvalue weighted by molar-refractivity contribution is 5.41. The average molecular weight is 356 g/mol. The lowest BCUT2D eigenvalue weighted by Crippen LogP contribution is -2.48. The molecule has 1 aliphatic rings. The number of nitrogens with two attached hydrogens (primary N) is 1. The molecular weight excluding hydrogens is 334 g/mol. The Labute approximate surface area is 152 Å². The van der Waals surface area contributed by atoms with E-state index < -0.39 is 29.8 Å². The van der Waals surface area contributed by atoms with Crippen molar-refractivity contribution in [3.05, 3.63) is 70.8 Å². The smallest absolute Gasteiger partial charge is 0.126 e. The van der Waals surface area contributed by atoms with Gasteiger partial charge in [0.25, 0.3) is 0 Å². The maximum absolute atomic E-state index is 13.7. The minimum Gasteiger partial charge on any atom is -0.392 e. The molecule has 136 valence electrons. The van der Waals surface area contributed by atoms with Crippen LogP contribution in [0.3, 0.4) is 0 Å². The van der Waals surface area contributed by atoms with Gasteiger partial charge in [-0.15, -0.1) is 6.42 Å². The summed E-state index contributed by atoms with van der Waals surface area (Å²) < 4.78 is 27.5. The Morgan fingerprint density at radius 3 is 2.38 bits per heavy atom. The molecule has 1 fully saturated rings. The summed E-state index contributed by atoms with van der Waals surface area (Å²) in [6, 6.07) is 9.60. The van der Waals surface area contributed by atoms with Gasteiger partial charge in [0.15, 0.2) is 0 Å². The predicted octanol–water partition coefficient (Wildman–Crippen LogP) is 2.97. The molecule has 0 saturated heterocycles. The van der Waals surface area contributed by atoms with Crippen LogP contribution in [-0.2, 0) is 5.54 Å². The van der Waals surface area contributed by atoms with Crippen molar-refractivity contribution in [3.63, 3.8) is 0 Å². The lowest BCUT2D eigenvalue weighted by molar-refractivity contribution is 0.137. The molecule has 3 atom stereocenters. The van der Waals surface area contributed by atoms with E-state index in [0.717, 1.165) is 30.0 Å². The molecule has 5 heteroatoms. The molecule has 0 amide bonds. The standard InChI is InChI=1S/C21H22F2N2O/c1-3-14-5-4-6-16(9-14)21(7-8-21)25-20(19(24)13(2)26)15-10-17(22)12-18(23)11-15/h1,4-6,9-13,19-20,25-26H,7-8,24H2,2H3/t13-,19-,20?/m1/s1. The van der Waals surface area contributed by atoms with E-state index >= 15 is 0 Å². The van der Waals surface area contributed by atoms with Crippen LogP contribution < -0.4 is 11.1 Å². The Kier molecular flexibility index (Phi) is 5.10. The summed E-state index contributed by atoms with van der Waals surface area (Å²) in [5.41, 5.74) is 7.95. The van der Waals surface area contributed by atoms with E-state index in [1.807, 2.05) is 24.3 Å². The summed E-state index contributed by atoms with van der Waals surface area (Å²) >= 11 is 0. The van der Waals surface area contributed by atoms with Crippen LogP contribution in [0.5, 0.6) is 0 Å². The van der Waals surface area contributed by atoms with Crippen LogP contribution in [0.1, 0.15) is 42.5 Å². The summed E-state index contributed by atoms with van der Waals surface area (Å²) in [6.07, 6.45) is 6.33. The summed E-state index contributed by atoms with van der Waals surface area (Å²) in [5.74, 6) is 1.26. The van der Waals surface area contributed by atoms with Crippen LogP contribution in [0.4, 0.5) is 8.78 Å². The molecule has 3 rings (SSSR count). The average Bonchev–Trinajstić information content (AvgIpc) is 3.39. The Morgan fingerprint density at radius 1 is 1.19 bits per heavy atom. The number of aliphatic hydroxyl groups excluding tert-OH is 1. The molecule has 1 unspecified atom stereocenters. The van der Waals surface area contributed by atoms with Gasteiger partial charge < -0.3 is 10.8 Å².